The van der Waals surface area contributed by atoms with Crippen LogP contribution in [0.2, 0.25) is 0 Å². The largest absolute Gasteiger partial charge is 0.419 e. The SMILES string of the molecule is Cc1cc(C)cc(C2CCc3c2oc(=O)[nH]c3=O)c1. The highest BCUT2D eigenvalue weighted by atomic mass is 16.4. The Morgan fingerprint density at radius 1 is 1.16 bits per heavy atom. The fourth-order valence-electron chi connectivity index (χ4n) is 2.93. The van der Waals surface area contributed by atoms with Gasteiger partial charge < -0.3 is 4.42 Å². The molecule has 0 fully saturated rings. The summed E-state index contributed by atoms with van der Waals surface area (Å²) in [6, 6.07) is 6.29. The van der Waals surface area contributed by atoms with E-state index >= 15 is 0 Å². The van der Waals surface area contributed by atoms with Crippen molar-refractivity contribution < 1.29 is 4.42 Å². The number of hydrogen-bond acceptors (Lipinski definition) is 3. The van der Waals surface area contributed by atoms with Crippen LogP contribution in [0.4, 0.5) is 0 Å². The van der Waals surface area contributed by atoms with Gasteiger partial charge in [0.05, 0.1) is 5.56 Å². The molecule has 0 saturated carbocycles. The molecule has 0 aliphatic heterocycles. The van der Waals surface area contributed by atoms with Crippen molar-refractivity contribution in [1.82, 2.24) is 4.98 Å². The first-order valence-corrected chi connectivity index (χ1v) is 6.39. The van der Waals surface area contributed by atoms with Crippen molar-refractivity contribution in [3.05, 3.63) is 67.1 Å². The summed E-state index contributed by atoms with van der Waals surface area (Å²) >= 11 is 0. The third-order valence-electron chi connectivity index (χ3n) is 3.64. The van der Waals surface area contributed by atoms with E-state index in [-0.39, 0.29) is 11.5 Å². The Labute approximate surface area is 110 Å². The first-order valence-electron chi connectivity index (χ1n) is 6.39. The van der Waals surface area contributed by atoms with Crippen molar-refractivity contribution in [3.63, 3.8) is 0 Å². The molecule has 1 heterocycles. The second-order valence-corrected chi connectivity index (χ2v) is 5.20. The summed E-state index contributed by atoms with van der Waals surface area (Å²) in [6.07, 6.45) is 1.47. The van der Waals surface area contributed by atoms with Gasteiger partial charge in [0.25, 0.3) is 5.56 Å². The quantitative estimate of drug-likeness (QED) is 0.850. The highest BCUT2D eigenvalue weighted by Crippen LogP contribution is 2.36. The van der Waals surface area contributed by atoms with E-state index in [0.717, 1.165) is 12.0 Å². The average molecular weight is 257 g/mol. The topological polar surface area (TPSA) is 63.1 Å². The van der Waals surface area contributed by atoms with Crippen molar-refractivity contribution in [3.8, 4) is 0 Å². The van der Waals surface area contributed by atoms with E-state index in [2.05, 4.69) is 23.2 Å². The molecule has 1 aliphatic rings. The smallest absolute Gasteiger partial charge is 0.413 e. The van der Waals surface area contributed by atoms with Gasteiger partial charge in [0.15, 0.2) is 0 Å². The summed E-state index contributed by atoms with van der Waals surface area (Å²) in [5.74, 6) is -0.109. The van der Waals surface area contributed by atoms with Gasteiger partial charge in [0, 0.05) is 5.92 Å². The number of aromatic amines is 1. The van der Waals surface area contributed by atoms with Crippen molar-refractivity contribution in [1.29, 1.82) is 0 Å². The molecule has 2 aromatic rings. The first kappa shape index (κ1) is 12.0. The van der Waals surface area contributed by atoms with Gasteiger partial charge in [-0.15, -0.1) is 0 Å². The second kappa shape index (κ2) is 4.23. The molecule has 1 aromatic heterocycles. The summed E-state index contributed by atoms with van der Waals surface area (Å²) in [5.41, 5.74) is 3.78. The van der Waals surface area contributed by atoms with Gasteiger partial charge in [0.2, 0.25) is 0 Å². The average Bonchev–Trinajstić information content (AvgIpc) is 2.71. The normalized spacial score (nSPS) is 17.5. The Kier molecular flexibility index (Phi) is 2.66. The lowest BCUT2D eigenvalue weighted by Crippen LogP contribution is -2.22. The molecular formula is C15H15NO3. The number of H-pyrrole nitrogens is 1. The Morgan fingerprint density at radius 2 is 1.84 bits per heavy atom. The van der Waals surface area contributed by atoms with E-state index in [4.69, 9.17) is 4.42 Å². The van der Waals surface area contributed by atoms with E-state index in [1.165, 1.54) is 11.1 Å². The fraction of sp³-hybridized carbons (Fsp3) is 0.333. The lowest BCUT2D eigenvalue weighted by Gasteiger charge is -2.12. The van der Waals surface area contributed by atoms with Crippen LogP contribution in [0.3, 0.4) is 0 Å². The van der Waals surface area contributed by atoms with Gasteiger partial charge in [0.1, 0.15) is 5.76 Å². The molecule has 0 saturated heterocycles. The van der Waals surface area contributed by atoms with Crippen molar-refractivity contribution >= 4 is 0 Å². The van der Waals surface area contributed by atoms with Crippen LogP contribution < -0.4 is 11.3 Å². The zero-order valence-electron chi connectivity index (χ0n) is 10.9. The molecule has 0 bridgehead atoms. The van der Waals surface area contributed by atoms with E-state index in [1.807, 2.05) is 13.8 Å². The molecule has 98 valence electrons. The number of hydrogen-bond donors (Lipinski definition) is 1. The third-order valence-corrected chi connectivity index (χ3v) is 3.64. The van der Waals surface area contributed by atoms with E-state index < -0.39 is 5.76 Å². The zero-order chi connectivity index (χ0) is 13.6. The van der Waals surface area contributed by atoms with Gasteiger partial charge in [-0.1, -0.05) is 29.3 Å². The summed E-state index contributed by atoms with van der Waals surface area (Å²) in [7, 11) is 0. The van der Waals surface area contributed by atoms with Crippen LogP contribution >= 0.6 is 0 Å². The maximum atomic E-state index is 11.7. The molecule has 1 aliphatic carbocycles. The van der Waals surface area contributed by atoms with Crippen LogP contribution in [0, 0.1) is 13.8 Å². The van der Waals surface area contributed by atoms with Crippen molar-refractivity contribution in [2.45, 2.75) is 32.6 Å². The fourth-order valence-corrected chi connectivity index (χ4v) is 2.93. The minimum Gasteiger partial charge on any atom is -0.413 e. The molecule has 19 heavy (non-hydrogen) atoms. The Hall–Kier alpha value is -2.10. The highest BCUT2D eigenvalue weighted by molar-refractivity contribution is 5.39. The minimum atomic E-state index is -0.667. The second-order valence-electron chi connectivity index (χ2n) is 5.20. The summed E-state index contributed by atoms with van der Waals surface area (Å²) in [5, 5.41) is 0. The van der Waals surface area contributed by atoms with Gasteiger partial charge in [-0.2, -0.15) is 0 Å². The molecule has 1 unspecified atom stereocenters. The molecule has 1 atom stereocenters. The van der Waals surface area contributed by atoms with Crippen molar-refractivity contribution in [2.75, 3.05) is 0 Å². The summed E-state index contributed by atoms with van der Waals surface area (Å²) < 4.78 is 5.24. The van der Waals surface area contributed by atoms with Crippen LogP contribution in [0.5, 0.6) is 0 Å². The van der Waals surface area contributed by atoms with Gasteiger partial charge in [-0.05, 0) is 32.3 Å². The Morgan fingerprint density at radius 3 is 2.53 bits per heavy atom. The maximum Gasteiger partial charge on any atom is 0.419 e. The van der Waals surface area contributed by atoms with E-state index in [9.17, 15) is 9.59 Å². The van der Waals surface area contributed by atoms with Crippen LogP contribution in [-0.2, 0) is 6.42 Å². The number of rotatable bonds is 1. The lowest BCUT2D eigenvalue weighted by atomic mass is 9.94. The third kappa shape index (κ3) is 2.03. The summed E-state index contributed by atoms with van der Waals surface area (Å²) in [6.45, 7) is 4.08. The Bertz CT molecular complexity index is 734. The predicted octanol–water partition coefficient (Wildman–Crippen LogP) is 2.02. The Balaban J connectivity index is 2.17. The number of aromatic nitrogens is 1. The van der Waals surface area contributed by atoms with Gasteiger partial charge >= 0.3 is 5.76 Å². The molecule has 0 amide bonds. The van der Waals surface area contributed by atoms with Gasteiger partial charge in [-0.25, -0.2) is 4.79 Å². The summed E-state index contributed by atoms with van der Waals surface area (Å²) in [4.78, 5) is 25.3. The number of benzene rings is 1. The zero-order valence-corrected chi connectivity index (χ0v) is 10.9. The molecule has 3 rings (SSSR count). The minimum absolute atomic E-state index is 0.0172. The molecule has 1 N–H and O–H groups in total. The lowest BCUT2D eigenvalue weighted by molar-refractivity contribution is 0.425. The van der Waals surface area contributed by atoms with Crippen molar-refractivity contribution in [2.24, 2.45) is 0 Å². The molecular weight excluding hydrogens is 242 g/mol. The number of fused-ring (bicyclic) bond motifs is 1. The molecule has 4 heteroatoms. The standard InChI is InChI=1S/C15H15NO3/c1-8-5-9(2)7-10(6-8)11-3-4-12-13(11)19-15(18)16-14(12)17/h5-7,11H,3-4H2,1-2H3,(H,16,17,18). The monoisotopic (exact) mass is 257 g/mol. The maximum absolute atomic E-state index is 11.7. The molecule has 0 spiro atoms. The molecule has 0 radical (unpaired) electrons. The molecule has 4 nitrogen and oxygen atoms in total. The van der Waals surface area contributed by atoms with Crippen LogP contribution in [0.1, 0.15) is 40.4 Å². The first-order chi connectivity index (χ1) is 9.04. The number of aryl methyl sites for hydroxylation is 2. The van der Waals surface area contributed by atoms with Gasteiger partial charge in [-0.3, -0.25) is 9.78 Å². The van der Waals surface area contributed by atoms with Crippen LogP contribution in [-0.4, -0.2) is 4.98 Å². The van der Waals surface area contributed by atoms with E-state index in [0.29, 0.717) is 17.7 Å². The predicted molar refractivity (Wildman–Crippen MR) is 71.7 cm³/mol. The highest BCUT2D eigenvalue weighted by Gasteiger charge is 2.29. The molecule has 1 aromatic carbocycles. The van der Waals surface area contributed by atoms with Crippen LogP contribution in [0.15, 0.2) is 32.2 Å². The number of nitrogens with one attached hydrogen (secondary N) is 1. The van der Waals surface area contributed by atoms with Crippen LogP contribution in [0.25, 0.3) is 0 Å². The van der Waals surface area contributed by atoms with E-state index in [1.54, 1.807) is 0 Å².